The average Bonchev–Trinajstić information content (AvgIpc) is 2.47. The van der Waals surface area contributed by atoms with E-state index in [0.717, 1.165) is 17.1 Å². The molecule has 1 N–H and O–H groups in total. The molecule has 19 heavy (non-hydrogen) atoms. The number of methoxy groups -OCH3 is 1. The molecule has 0 unspecified atom stereocenters. The molecular weight excluding hydrogens is 242 g/mol. The zero-order chi connectivity index (χ0) is 13.7. The van der Waals surface area contributed by atoms with Crippen molar-refractivity contribution in [3.05, 3.63) is 47.9 Å². The van der Waals surface area contributed by atoms with Gasteiger partial charge in [-0.3, -0.25) is 4.98 Å². The lowest BCUT2D eigenvalue weighted by atomic mass is 10.2. The summed E-state index contributed by atoms with van der Waals surface area (Å²) in [4.78, 5) is 10.3. The number of ether oxygens (including phenoxy) is 1. The standard InChI is InChI=1S/C14H17N3O2/c1-17(14-8-15-7-12(10-18)16-14)9-11-4-3-5-13(6-11)19-2/h3-8,18H,9-10H2,1-2H3. The van der Waals surface area contributed by atoms with Crippen molar-refractivity contribution in [2.24, 2.45) is 0 Å². The lowest BCUT2D eigenvalue weighted by Crippen LogP contribution is -2.18. The normalized spacial score (nSPS) is 10.3. The van der Waals surface area contributed by atoms with Crippen LogP contribution >= 0.6 is 0 Å². The topological polar surface area (TPSA) is 58.5 Å². The van der Waals surface area contributed by atoms with Gasteiger partial charge in [-0.15, -0.1) is 0 Å². The first-order valence-corrected chi connectivity index (χ1v) is 5.99. The maximum atomic E-state index is 9.06. The van der Waals surface area contributed by atoms with Crippen LogP contribution in [-0.4, -0.2) is 29.2 Å². The smallest absolute Gasteiger partial charge is 0.147 e. The molecule has 0 radical (unpaired) electrons. The Hall–Kier alpha value is -2.14. The number of hydrogen-bond donors (Lipinski definition) is 1. The van der Waals surface area contributed by atoms with E-state index >= 15 is 0 Å². The molecule has 100 valence electrons. The van der Waals surface area contributed by atoms with Crippen LogP contribution in [0.1, 0.15) is 11.3 Å². The molecule has 1 heterocycles. The second-order valence-electron chi connectivity index (χ2n) is 4.23. The fraction of sp³-hybridized carbons (Fsp3) is 0.286. The van der Waals surface area contributed by atoms with Crippen LogP contribution in [0, 0.1) is 0 Å². The molecule has 0 saturated carbocycles. The SMILES string of the molecule is COc1cccc(CN(C)c2cncc(CO)n2)c1. The van der Waals surface area contributed by atoms with Crippen molar-refractivity contribution in [1.82, 2.24) is 9.97 Å². The first-order valence-electron chi connectivity index (χ1n) is 5.99. The fourth-order valence-corrected chi connectivity index (χ4v) is 1.78. The van der Waals surface area contributed by atoms with Crippen LogP contribution in [0.15, 0.2) is 36.7 Å². The zero-order valence-corrected chi connectivity index (χ0v) is 11.1. The molecule has 5 nitrogen and oxygen atoms in total. The van der Waals surface area contributed by atoms with E-state index in [1.807, 2.05) is 36.2 Å². The van der Waals surface area contributed by atoms with E-state index in [4.69, 9.17) is 9.84 Å². The van der Waals surface area contributed by atoms with Crippen LogP contribution in [0.25, 0.3) is 0 Å². The minimum Gasteiger partial charge on any atom is -0.497 e. The molecule has 0 amide bonds. The van der Waals surface area contributed by atoms with E-state index in [2.05, 4.69) is 9.97 Å². The molecule has 0 aliphatic heterocycles. The number of anilines is 1. The van der Waals surface area contributed by atoms with Gasteiger partial charge in [0.25, 0.3) is 0 Å². The van der Waals surface area contributed by atoms with E-state index in [-0.39, 0.29) is 6.61 Å². The molecule has 2 aromatic rings. The summed E-state index contributed by atoms with van der Waals surface area (Å²) in [6.45, 7) is 0.592. The molecule has 0 atom stereocenters. The Labute approximate surface area is 112 Å². The van der Waals surface area contributed by atoms with Gasteiger partial charge in [0.05, 0.1) is 31.8 Å². The number of aliphatic hydroxyl groups is 1. The van der Waals surface area contributed by atoms with Crippen LogP contribution in [0.5, 0.6) is 5.75 Å². The second-order valence-corrected chi connectivity index (χ2v) is 4.23. The van der Waals surface area contributed by atoms with Gasteiger partial charge in [0.15, 0.2) is 0 Å². The van der Waals surface area contributed by atoms with E-state index in [9.17, 15) is 0 Å². The summed E-state index contributed by atoms with van der Waals surface area (Å²) < 4.78 is 5.20. The van der Waals surface area contributed by atoms with Crippen LogP contribution in [0.2, 0.25) is 0 Å². The zero-order valence-electron chi connectivity index (χ0n) is 11.1. The summed E-state index contributed by atoms with van der Waals surface area (Å²) in [6, 6.07) is 7.88. The van der Waals surface area contributed by atoms with Gasteiger partial charge in [-0.05, 0) is 17.7 Å². The number of aliphatic hydroxyl groups excluding tert-OH is 1. The minimum atomic E-state index is -0.103. The van der Waals surface area contributed by atoms with Gasteiger partial charge >= 0.3 is 0 Å². The predicted molar refractivity (Wildman–Crippen MR) is 73.1 cm³/mol. The van der Waals surface area contributed by atoms with E-state index in [1.54, 1.807) is 19.5 Å². The number of aromatic nitrogens is 2. The molecule has 1 aromatic heterocycles. The van der Waals surface area contributed by atoms with Gasteiger partial charge in [0.1, 0.15) is 11.6 Å². The molecule has 2 rings (SSSR count). The summed E-state index contributed by atoms with van der Waals surface area (Å²) in [5.41, 5.74) is 1.69. The molecule has 0 aliphatic carbocycles. The van der Waals surface area contributed by atoms with Crippen molar-refractivity contribution in [2.45, 2.75) is 13.2 Å². The van der Waals surface area contributed by atoms with Crippen LogP contribution in [0.4, 0.5) is 5.82 Å². The van der Waals surface area contributed by atoms with Crippen molar-refractivity contribution in [3.8, 4) is 5.75 Å². The maximum absolute atomic E-state index is 9.06. The highest BCUT2D eigenvalue weighted by Crippen LogP contribution is 2.16. The fourth-order valence-electron chi connectivity index (χ4n) is 1.78. The van der Waals surface area contributed by atoms with Crippen molar-refractivity contribution in [1.29, 1.82) is 0 Å². The summed E-state index contributed by atoms with van der Waals surface area (Å²) in [5, 5.41) is 9.06. The molecule has 0 saturated heterocycles. The largest absolute Gasteiger partial charge is 0.497 e. The second kappa shape index (κ2) is 6.15. The van der Waals surface area contributed by atoms with Crippen LogP contribution < -0.4 is 9.64 Å². The number of benzene rings is 1. The van der Waals surface area contributed by atoms with Gasteiger partial charge < -0.3 is 14.7 Å². The summed E-state index contributed by atoms with van der Waals surface area (Å²) in [5.74, 6) is 1.57. The van der Waals surface area contributed by atoms with Crippen LogP contribution in [0.3, 0.4) is 0 Å². The van der Waals surface area contributed by atoms with E-state index in [0.29, 0.717) is 12.2 Å². The first-order chi connectivity index (χ1) is 9.22. The van der Waals surface area contributed by atoms with Crippen molar-refractivity contribution >= 4 is 5.82 Å². The van der Waals surface area contributed by atoms with Gasteiger partial charge in [0.2, 0.25) is 0 Å². The van der Waals surface area contributed by atoms with Gasteiger partial charge in [0, 0.05) is 13.6 Å². The Balaban J connectivity index is 2.13. The Kier molecular flexibility index (Phi) is 4.30. The van der Waals surface area contributed by atoms with E-state index in [1.165, 1.54) is 0 Å². The highest BCUT2D eigenvalue weighted by Gasteiger charge is 2.06. The number of hydrogen-bond acceptors (Lipinski definition) is 5. The summed E-state index contributed by atoms with van der Waals surface area (Å²) in [6.07, 6.45) is 3.24. The minimum absolute atomic E-state index is 0.103. The van der Waals surface area contributed by atoms with Crippen LogP contribution in [-0.2, 0) is 13.2 Å². The highest BCUT2D eigenvalue weighted by molar-refractivity contribution is 5.38. The number of nitrogens with zero attached hydrogens (tertiary/aromatic N) is 3. The predicted octanol–water partition coefficient (Wildman–Crippen LogP) is 1.61. The third kappa shape index (κ3) is 3.42. The Bertz CT molecular complexity index is 546. The Morgan fingerprint density at radius 2 is 2.16 bits per heavy atom. The van der Waals surface area contributed by atoms with Gasteiger partial charge in [-0.1, -0.05) is 12.1 Å². The number of rotatable bonds is 5. The summed E-state index contributed by atoms with van der Waals surface area (Å²) >= 11 is 0. The third-order valence-electron chi connectivity index (χ3n) is 2.78. The van der Waals surface area contributed by atoms with Gasteiger partial charge in [-0.25, -0.2) is 4.98 Å². The lowest BCUT2D eigenvalue weighted by Gasteiger charge is -2.18. The first kappa shape index (κ1) is 13.3. The molecule has 0 spiro atoms. The molecule has 0 aliphatic rings. The lowest BCUT2D eigenvalue weighted by molar-refractivity contribution is 0.276. The molecule has 0 fully saturated rings. The maximum Gasteiger partial charge on any atom is 0.147 e. The monoisotopic (exact) mass is 259 g/mol. The highest BCUT2D eigenvalue weighted by atomic mass is 16.5. The molecular formula is C14H17N3O2. The quantitative estimate of drug-likeness (QED) is 0.884. The van der Waals surface area contributed by atoms with Crippen molar-refractivity contribution in [2.75, 3.05) is 19.1 Å². The van der Waals surface area contributed by atoms with Crippen molar-refractivity contribution < 1.29 is 9.84 Å². The Morgan fingerprint density at radius 3 is 2.89 bits per heavy atom. The Morgan fingerprint density at radius 1 is 1.32 bits per heavy atom. The average molecular weight is 259 g/mol. The van der Waals surface area contributed by atoms with Crippen molar-refractivity contribution in [3.63, 3.8) is 0 Å². The summed E-state index contributed by atoms with van der Waals surface area (Å²) in [7, 11) is 3.59. The third-order valence-corrected chi connectivity index (χ3v) is 2.78. The molecule has 1 aromatic carbocycles. The molecule has 5 heteroatoms. The molecule has 0 bridgehead atoms. The van der Waals surface area contributed by atoms with Gasteiger partial charge in [-0.2, -0.15) is 0 Å². The van der Waals surface area contributed by atoms with E-state index < -0.39 is 0 Å².